The van der Waals surface area contributed by atoms with Crippen LogP contribution in [-0.4, -0.2) is 34.2 Å². The standard InChI is InChI=1S/C18H15ClN4O3S/c1-11(24)26-15-8-3-12(9-16(15)25-2)10-20-23-17(21-22-18(23)27)13-4-6-14(19)7-5-13/h3-10H,1-2H3,(H,22,27)/b20-10+. The van der Waals surface area contributed by atoms with Gasteiger partial charge in [0.15, 0.2) is 17.3 Å². The predicted molar refractivity (Wildman–Crippen MR) is 105 cm³/mol. The SMILES string of the molecule is COc1cc(/C=N/n2c(-c3ccc(Cl)cc3)n[nH]c2=S)ccc1OC(C)=O. The first-order valence-electron chi connectivity index (χ1n) is 7.82. The van der Waals surface area contributed by atoms with Crippen molar-refractivity contribution >= 4 is 36.0 Å². The number of methoxy groups -OCH3 is 1. The summed E-state index contributed by atoms with van der Waals surface area (Å²) in [6.45, 7) is 1.33. The molecule has 0 unspecified atom stereocenters. The number of aromatic nitrogens is 3. The average Bonchev–Trinajstić information content (AvgIpc) is 3.01. The van der Waals surface area contributed by atoms with Crippen LogP contribution in [0.5, 0.6) is 11.5 Å². The average molecular weight is 403 g/mol. The third-order valence-corrected chi connectivity index (χ3v) is 4.03. The zero-order valence-corrected chi connectivity index (χ0v) is 16.0. The summed E-state index contributed by atoms with van der Waals surface area (Å²) in [5, 5.41) is 12.0. The van der Waals surface area contributed by atoms with Gasteiger partial charge in [-0.2, -0.15) is 14.9 Å². The van der Waals surface area contributed by atoms with Crippen LogP contribution >= 0.6 is 23.8 Å². The van der Waals surface area contributed by atoms with E-state index in [4.69, 9.17) is 33.3 Å². The Kier molecular flexibility index (Phi) is 5.68. The van der Waals surface area contributed by atoms with Crippen LogP contribution in [0.25, 0.3) is 11.4 Å². The molecule has 3 rings (SSSR count). The summed E-state index contributed by atoms with van der Waals surface area (Å²) in [4.78, 5) is 11.1. The van der Waals surface area contributed by atoms with Crippen molar-refractivity contribution in [2.24, 2.45) is 5.10 Å². The number of benzene rings is 2. The van der Waals surface area contributed by atoms with Crippen LogP contribution < -0.4 is 9.47 Å². The van der Waals surface area contributed by atoms with Crippen LogP contribution in [0.2, 0.25) is 5.02 Å². The Bertz CT molecular complexity index is 1060. The Labute approximate surface area is 165 Å². The molecule has 0 bridgehead atoms. The Balaban J connectivity index is 1.93. The van der Waals surface area contributed by atoms with E-state index in [1.165, 1.54) is 18.7 Å². The topological polar surface area (TPSA) is 81.5 Å². The van der Waals surface area contributed by atoms with Crippen LogP contribution in [0, 0.1) is 4.77 Å². The molecule has 0 saturated heterocycles. The summed E-state index contributed by atoms with van der Waals surface area (Å²) in [5.41, 5.74) is 1.54. The summed E-state index contributed by atoms with van der Waals surface area (Å²) in [5.74, 6) is 0.884. The van der Waals surface area contributed by atoms with E-state index in [2.05, 4.69) is 15.3 Å². The number of aromatic amines is 1. The maximum Gasteiger partial charge on any atom is 0.308 e. The largest absolute Gasteiger partial charge is 0.493 e. The van der Waals surface area contributed by atoms with E-state index in [0.717, 1.165) is 11.1 Å². The highest BCUT2D eigenvalue weighted by Crippen LogP contribution is 2.28. The molecule has 1 aromatic heterocycles. The van der Waals surface area contributed by atoms with Crippen molar-refractivity contribution < 1.29 is 14.3 Å². The van der Waals surface area contributed by atoms with E-state index >= 15 is 0 Å². The maximum atomic E-state index is 11.1. The lowest BCUT2D eigenvalue weighted by atomic mass is 10.2. The van der Waals surface area contributed by atoms with E-state index in [1.54, 1.807) is 36.5 Å². The molecule has 0 atom stereocenters. The number of carbonyl (C=O) groups is 1. The second-order valence-electron chi connectivity index (χ2n) is 5.42. The fourth-order valence-electron chi connectivity index (χ4n) is 2.31. The van der Waals surface area contributed by atoms with E-state index in [9.17, 15) is 4.79 Å². The number of esters is 1. The van der Waals surface area contributed by atoms with Gasteiger partial charge in [0.25, 0.3) is 0 Å². The van der Waals surface area contributed by atoms with Gasteiger partial charge in [-0.15, -0.1) is 0 Å². The van der Waals surface area contributed by atoms with Crippen molar-refractivity contribution in [2.45, 2.75) is 6.92 Å². The van der Waals surface area contributed by atoms with Gasteiger partial charge >= 0.3 is 5.97 Å². The van der Waals surface area contributed by atoms with Crippen LogP contribution in [0.3, 0.4) is 0 Å². The number of halogens is 1. The summed E-state index contributed by atoms with van der Waals surface area (Å²) < 4.78 is 12.2. The normalized spacial score (nSPS) is 10.9. The van der Waals surface area contributed by atoms with Gasteiger partial charge in [-0.1, -0.05) is 11.6 Å². The van der Waals surface area contributed by atoms with Crippen LogP contribution in [-0.2, 0) is 4.79 Å². The third-order valence-electron chi connectivity index (χ3n) is 3.52. The van der Waals surface area contributed by atoms with Crippen molar-refractivity contribution in [2.75, 3.05) is 7.11 Å². The Morgan fingerprint density at radius 2 is 2.00 bits per heavy atom. The van der Waals surface area contributed by atoms with Gasteiger partial charge in [-0.05, 0) is 60.2 Å². The molecule has 7 nitrogen and oxygen atoms in total. The Hall–Kier alpha value is -2.97. The number of ether oxygens (including phenoxy) is 2. The van der Waals surface area contributed by atoms with Crippen molar-refractivity contribution in [3.05, 3.63) is 57.8 Å². The molecule has 2 aromatic carbocycles. The lowest BCUT2D eigenvalue weighted by Gasteiger charge is -2.08. The number of rotatable bonds is 5. The van der Waals surface area contributed by atoms with E-state index < -0.39 is 5.97 Å². The maximum absolute atomic E-state index is 11.1. The first-order valence-corrected chi connectivity index (χ1v) is 8.60. The number of H-pyrrole nitrogens is 1. The highest BCUT2D eigenvalue weighted by molar-refractivity contribution is 7.71. The summed E-state index contributed by atoms with van der Waals surface area (Å²) in [7, 11) is 1.49. The molecule has 0 aliphatic rings. The lowest BCUT2D eigenvalue weighted by Crippen LogP contribution is -2.03. The molecule has 1 heterocycles. The summed E-state index contributed by atoms with van der Waals surface area (Å²) in [6, 6.07) is 12.3. The lowest BCUT2D eigenvalue weighted by molar-refractivity contribution is -0.132. The van der Waals surface area contributed by atoms with E-state index in [0.29, 0.717) is 27.1 Å². The van der Waals surface area contributed by atoms with Crippen molar-refractivity contribution in [1.29, 1.82) is 0 Å². The third kappa shape index (κ3) is 4.42. The van der Waals surface area contributed by atoms with Gasteiger partial charge in [-0.25, -0.2) is 5.10 Å². The molecule has 0 radical (unpaired) electrons. The minimum atomic E-state index is -0.424. The zero-order valence-electron chi connectivity index (χ0n) is 14.5. The molecule has 0 aliphatic carbocycles. The minimum absolute atomic E-state index is 0.337. The minimum Gasteiger partial charge on any atom is -0.493 e. The van der Waals surface area contributed by atoms with Gasteiger partial charge in [0, 0.05) is 17.5 Å². The van der Waals surface area contributed by atoms with Gasteiger partial charge in [0.2, 0.25) is 4.77 Å². The molecule has 3 aromatic rings. The quantitative estimate of drug-likeness (QED) is 0.301. The molecule has 1 N–H and O–H groups in total. The van der Waals surface area contributed by atoms with E-state index in [-0.39, 0.29) is 0 Å². The second-order valence-corrected chi connectivity index (χ2v) is 6.24. The molecule has 0 fully saturated rings. The van der Waals surface area contributed by atoms with Gasteiger partial charge in [0.1, 0.15) is 0 Å². The van der Waals surface area contributed by atoms with Crippen molar-refractivity contribution in [3.63, 3.8) is 0 Å². The molecule has 138 valence electrons. The van der Waals surface area contributed by atoms with E-state index in [1.807, 2.05) is 12.1 Å². The number of nitrogens with zero attached hydrogens (tertiary/aromatic N) is 3. The first kappa shape index (κ1) is 18.8. The van der Waals surface area contributed by atoms with Gasteiger partial charge in [-0.3, -0.25) is 4.79 Å². The molecule has 0 aliphatic heterocycles. The van der Waals surface area contributed by atoms with Crippen molar-refractivity contribution in [3.8, 4) is 22.9 Å². The fraction of sp³-hybridized carbons (Fsp3) is 0.111. The molecule has 0 amide bonds. The second kappa shape index (κ2) is 8.15. The van der Waals surface area contributed by atoms with Crippen molar-refractivity contribution in [1.82, 2.24) is 14.9 Å². The molecular weight excluding hydrogens is 388 g/mol. The van der Waals surface area contributed by atoms with Gasteiger partial charge in [0.05, 0.1) is 13.3 Å². The number of hydrogen-bond acceptors (Lipinski definition) is 6. The number of carbonyl (C=O) groups excluding carboxylic acids is 1. The summed E-state index contributed by atoms with van der Waals surface area (Å²) in [6.07, 6.45) is 1.60. The highest BCUT2D eigenvalue weighted by atomic mass is 35.5. The molecule has 0 spiro atoms. The smallest absolute Gasteiger partial charge is 0.308 e. The molecule has 9 heteroatoms. The molecular formula is C18H15ClN4O3S. The molecule has 0 saturated carbocycles. The summed E-state index contributed by atoms with van der Waals surface area (Å²) >= 11 is 11.2. The Morgan fingerprint density at radius 3 is 2.67 bits per heavy atom. The Morgan fingerprint density at radius 1 is 1.26 bits per heavy atom. The first-order chi connectivity index (χ1) is 13.0. The predicted octanol–water partition coefficient (Wildman–Crippen LogP) is 4.08. The van der Waals surface area contributed by atoms with Gasteiger partial charge < -0.3 is 9.47 Å². The molecule has 27 heavy (non-hydrogen) atoms. The van der Waals surface area contributed by atoms with Crippen LogP contribution in [0.4, 0.5) is 0 Å². The zero-order chi connectivity index (χ0) is 19.4. The monoisotopic (exact) mass is 402 g/mol. The number of nitrogens with one attached hydrogen (secondary N) is 1. The van der Waals surface area contributed by atoms with Crippen LogP contribution in [0.15, 0.2) is 47.6 Å². The number of hydrogen-bond donors (Lipinski definition) is 1. The fourth-order valence-corrected chi connectivity index (χ4v) is 2.62. The van der Waals surface area contributed by atoms with Crippen LogP contribution in [0.1, 0.15) is 12.5 Å². The highest BCUT2D eigenvalue weighted by Gasteiger charge is 2.09.